The molecule has 9 nitrogen and oxygen atoms in total. The molecular formula is C15H23N5O4S. The van der Waals surface area contributed by atoms with Gasteiger partial charge < -0.3 is 15.6 Å². The lowest BCUT2D eigenvalue weighted by atomic mass is 10.1. The number of aliphatic hydroxyl groups excluding tert-OH is 1. The number of aliphatic hydroxyl groups is 1. The molecule has 0 radical (unpaired) electrons. The molecule has 0 aliphatic carbocycles. The average Bonchev–Trinajstić information content (AvgIpc) is 3.00. The van der Waals surface area contributed by atoms with Gasteiger partial charge in [0.15, 0.2) is 12.2 Å². The van der Waals surface area contributed by atoms with Crippen molar-refractivity contribution in [1.29, 1.82) is 0 Å². The molecule has 1 saturated heterocycles. The van der Waals surface area contributed by atoms with Crippen molar-refractivity contribution in [2.24, 2.45) is 10.1 Å². The largest absolute Gasteiger partial charge is 0.491 e. The second-order valence-corrected chi connectivity index (χ2v) is 7.35. The van der Waals surface area contributed by atoms with E-state index in [1.54, 1.807) is 18.2 Å². The summed E-state index contributed by atoms with van der Waals surface area (Å²) in [4.78, 5) is 1.96. The Hall–Kier alpha value is -1.88. The molecule has 1 fully saturated rings. The predicted molar refractivity (Wildman–Crippen MR) is 94.6 cm³/mol. The highest BCUT2D eigenvalue weighted by molar-refractivity contribution is 7.91. The monoisotopic (exact) mass is 369 g/mol. The fraction of sp³-hybridized carbons (Fsp3) is 0.533. The zero-order chi connectivity index (χ0) is 18.0. The third-order valence-electron chi connectivity index (χ3n) is 4.29. The van der Waals surface area contributed by atoms with Gasteiger partial charge in [-0.1, -0.05) is 13.0 Å². The smallest absolute Gasteiger partial charge is 0.344 e. The van der Waals surface area contributed by atoms with Crippen molar-refractivity contribution >= 4 is 21.7 Å². The first-order valence-electron chi connectivity index (χ1n) is 8.23. The zero-order valence-corrected chi connectivity index (χ0v) is 14.8. The number of hydrogen-bond donors (Lipinski definition) is 4. The van der Waals surface area contributed by atoms with Gasteiger partial charge >= 0.3 is 10.2 Å². The van der Waals surface area contributed by atoms with Crippen molar-refractivity contribution in [3.63, 3.8) is 0 Å². The molecule has 1 aromatic rings. The Morgan fingerprint density at radius 3 is 3.12 bits per heavy atom. The SMILES string of the molecule is CCNC(O)N1CCCC1COc1cccc2c1C(N)=NS(=O)(=O)N2. The topological polar surface area (TPSA) is 129 Å². The molecule has 0 spiro atoms. The fourth-order valence-electron chi connectivity index (χ4n) is 3.18. The molecule has 2 aliphatic heterocycles. The van der Waals surface area contributed by atoms with E-state index < -0.39 is 16.6 Å². The molecule has 3 rings (SSSR count). The Balaban J connectivity index is 1.75. The number of amidine groups is 1. The van der Waals surface area contributed by atoms with E-state index in [-0.39, 0.29) is 11.9 Å². The maximum Gasteiger partial charge on any atom is 0.344 e. The van der Waals surface area contributed by atoms with Crippen molar-refractivity contribution in [3.8, 4) is 5.75 Å². The van der Waals surface area contributed by atoms with Gasteiger partial charge in [-0.05, 0) is 31.5 Å². The van der Waals surface area contributed by atoms with Crippen molar-refractivity contribution in [2.45, 2.75) is 32.2 Å². The number of anilines is 1. The number of nitrogens with zero attached hydrogens (tertiary/aromatic N) is 2. The van der Waals surface area contributed by atoms with E-state index in [9.17, 15) is 13.5 Å². The van der Waals surface area contributed by atoms with Gasteiger partial charge in [0.25, 0.3) is 0 Å². The lowest BCUT2D eigenvalue weighted by molar-refractivity contribution is -0.0373. The van der Waals surface area contributed by atoms with Gasteiger partial charge in [0.1, 0.15) is 12.4 Å². The number of nitrogens with two attached hydrogens (primary N) is 1. The Morgan fingerprint density at radius 2 is 2.36 bits per heavy atom. The maximum absolute atomic E-state index is 11.6. The number of nitrogens with one attached hydrogen (secondary N) is 2. The summed E-state index contributed by atoms with van der Waals surface area (Å²) in [6.45, 7) is 3.76. The first-order valence-corrected chi connectivity index (χ1v) is 9.67. The number of hydrogen-bond acceptors (Lipinski definition) is 7. The molecule has 2 aliphatic rings. The van der Waals surface area contributed by atoms with Crippen LogP contribution >= 0.6 is 0 Å². The summed E-state index contributed by atoms with van der Waals surface area (Å²) in [5, 5.41) is 13.1. The van der Waals surface area contributed by atoms with Crippen LogP contribution in [0.3, 0.4) is 0 Å². The first kappa shape index (κ1) is 17.9. The molecule has 1 aromatic carbocycles. The van der Waals surface area contributed by atoms with Crippen LogP contribution in [0.1, 0.15) is 25.3 Å². The molecule has 0 saturated carbocycles. The summed E-state index contributed by atoms with van der Waals surface area (Å²) in [7, 11) is -3.81. The highest BCUT2D eigenvalue weighted by Crippen LogP contribution is 2.31. The summed E-state index contributed by atoms with van der Waals surface area (Å²) >= 11 is 0. The van der Waals surface area contributed by atoms with Gasteiger partial charge in [-0.2, -0.15) is 8.42 Å². The van der Waals surface area contributed by atoms with Crippen molar-refractivity contribution in [2.75, 3.05) is 24.4 Å². The van der Waals surface area contributed by atoms with Gasteiger partial charge in [-0.3, -0.25) is 14.9 Å². The van der Waals surface area contributed by atoms with Crippen LogP contribution in [-0.2, 0) is 10.2 Å². The lowest BCUT2D eigenvalue weighted by Crippen LogP contribution is -2.49. The number of benzene rings is 1. The van der Waals surface area contributed by atoms with Gasteiger partial charge in [0.2, 0.25) is 0 Å². The minimum atomic E-state index is -3.81. The second-order valence-electron chi connectivity index (χ2n) is 6.01. The van der Waals surface area contributed by atoms with E-state index in [0.717, 1.165) is 19.4 Å². The molecule has 0 amide bonds. The molecule has 2 unspecified atom stereocenters. The summed E-state index contributed by atoms with van der Waals surface area (Å²) < 4.78 is 35.0. The van der Waals surface area contributed by atoms with E-state index in [1.807, 2.05) is 11.8 Å². The Morgan fingerprint density at radius 1 is 1.56 bits per heavy atom. The summed E-state index contributed by atoms with van der Waals surface area (Å²) in [5.74, 6) is 0.367. The maximum atomic E-state index is 11.6. The van der Waals surface area contributed by atoms with Crippen LogP contribution < -0.4 is 20.5 Å². The number of ether oxygens (including phenoxy) is 1. The Bertz CT molecular complexity index is 767. The van der Waals surface area contributed by atoms with Crippen LogP contribution in [0.2, 0.25) is 0 Å². The molecule has 5 N–H and O–H groups in total. The van der Waals surface area contributed by atoms with Crippen molar-refractivity contribution in [3.05, 3.63) is 23.8 Å². The van der Waals surface area contributed by atoms with Crippen LogP contribution in [-0.4, -0.2) is 56.3 Å². The fourth-order valence-corrected chi connectivity index (χ4v) is 4.03. The molecule has 2 heterocycles. The van der Waals surface area contributed by atoms with Crippen LogP contribution in [0.5, 0.6) is 5.75 Å². The molecule has 0 bridgehead atoms. The van der Waals surface area contributed by atoms with E-state index in [2.05, 4.69) is 14.4 Å². The van der Waals surface area contributed by atoms with Gasteiger partial charge in [-0.25, -0.2) is 0 Å². The van der Waals surface area contributed by atoms with Crippen LogP contribution in [0.25, 0.3) is 0 Å². The highest BCUT2D eigenvalue weighted by Gasteiger charge is 2.31. The minimum Gasteiger partial charge on any atom is -0.491 e. The normalized spacial score (nSPS) is 23.4. The molecule has 0 aromatic heterocycles. The van der Waals surface area contributed by atoms with E-state index in [0.29, 0.717) is 30.2 Å². The van der Waals surface area contributed by atoms with Gasteiger partial charge in [0.05, 0.1) is 11.3 Å². The van der Waals surface area contributed by atoms with Crippen LogP contribution in [0.4, 0.5) is 5.69 Å². The number of likely N-dealkylation sites (tertiary alicyclic amines) is 1. The Labute approximate surface area is 147 Å². The van der Waals surface area contributed by atoms with Crippen molar-refractivity contribution < 1.29 is 18.3 Å². The number of fused-ring (bicyclic) bond motifs is 1. The highest BCUT2D eigenvalue weighted by atomic mass is 32.2. The lowest BCUT2D eigenvalue weighted by Gasteiger charge is -2.30. The average molecular weight is 369 g/mol. The van der Waals surface area contributed by atoms with E-state index in [1.165, 1.54) is 0 Å². The quantitative estimate of drug-likeness (QED) is 0.511. The third kappa shape index (κ3) is 3.87. The summed E-state index contributed by atoms with van der Waals surface area (Å²) in [6.07, 6.45) is 1.18. The summed E-state index contributed by atoms with van der Waals surface area (Å²) in [6, 6.07) is 5.08. The first-order chi connectivity index (χ1) is 11.9. The summed E-state index contributed by atoms with van der Waals surface area (Å²) in [5.41, 5.74) is 6.60. The minimum absolute atomic E-state index is 0.0587. The van der Waals surface area contributed by atoms with Gasteiger partial charge in [0, 0.05) is 12.6 Å². The standard InChI is InChI=1S/C15H23N5O4S/c1-2-17-15(21)20-8-4-5-10(20)9-24-12-7-3-6-11-13(12)14(16)19-25(22,23)18-11/h3,6-7,10,15,17-18,21H,2,4-5,8-9H2,1H3,(H2,16,19). The predicted octanol–water partition coefficient (Wildman–Crippen LogP) is -0.209. The third-order valence-corrected chi connectivity index (χ3v) is 5.21. The van der Waals surface area contributed by atoms with Crippen LogP contribution in [0, 0.1) is 0 Å². The van der Waals surface area contributed by atoms with E-state index in [4.69, 9.17) is 10.5 Å². The molecular weight excluding hydrogens is 346 g/mol. The molecule has 138 valence electrons. The molecule has 25 heavy (non-hydrogen) atoms. The molecule has 10 heteroatoms. The zero-order valence-electron chi connectivity index (χ0n) is 14.0. The van der Waals surface area contributed by atoms with Gasteiger partial charge in [-0.15, -0.1) is 4.40 Å². The molecule has 2 atom stereocenters. The van der Waals surface area contributed by atoms with Crippen molar-refractivity contribution in [1.82, 2.24) is 10.2 Å². The van der Waals surface area contributed by atoms with Crippen LogP contribution in [0.15, 0.2) is 22.6 Å². The second kappa shape index (κ2) is 7.16. The number of rotatable bonds is 6. The Kier molecular flexibility index (Phi) is 5.13. The van der Waals surface area contributed by atoms with E-state index >= 15 is 0 Å².